The zero-order chi connectivity index (χ0) is 40.8. The maximum absolute atomic E-state index is 5.09. The molecular formula is C56H38N4S. The van der Waals surface area contributed by atoms with Crippen molar-refractivity contribution in [2.75, 3.05) is 0 Å². The first-order chi connectivity index (χ1) is 30.2. The lowest BCUT2D eigenvalue weighted by atomic mass is 10.0. The van der Waals surface area contributed by atoms with Crippen LogP contribution < -0.4 is 0 Å². The molecule has 0 aliphatic rings. The largest absolute Gasteiger partial charge is 0.228 e. The molecule has 0 atom stereocenters. The highest BCUT2D eigenvalue weighted by Gasteiger charge is 2.14. The first-order valence-electron chi connectivity index (χ1n) is 20.3. The summed E-state index contributed by atoms with van der Waals surface area (Å²) in [6.45, 7) is 0. The molecule has 4 nitrogen and oxygen atoms in total. The lowest BCUT2D eigenvalue weighted by molar-refractivity contribution is 1.18. The molecule has 0 saturated carbocycles. The van der Waals surface area contributed by atoms with Crippen molar-refractivity contribution in [1.82, 2.24) is 19.9 Å². The van der Waals surface area contributed by atoms with Crippen LogP contribution in [0.2, 0.25) is 0 Å². The van der Waals surface area contributed by atoms with E-state index in [0.29, 0.717) is 11.6 Å². The molecule has 288 valence electrons. The van der Waals surface area contributed by atoms with Gasteiger partial charge >= 0.3 is 0 Å². The smallest absolute Gasteiger partial charge is 0.160 e. The Balaban J connectivity index is 0.905. The molecule has 0 N–H and O–H groups in total. The van der Waals surface area contributed by atoms with E-state index in [1.54, 1.807) is 11.8 Å². The van der Waals surface area contributed by atoms with Crippen LogP contribution >= 0.6 is 11.8 Å². The molecule has 0 fully saturated rings. The van der Waals surface area contributed by atoms with Gasteiger partial charge in [-0.1, -0.05) is 206 Å². The van der Waals surface area contributed by atoms with Gasteiger partial charge in [-0.3, -0.25) is 0 Å². The third-order valence-electron chi connectivity index (χ3n) is 10.6. The highest BCUT2D eigenvalue weighted by Crippen LogP contribution is 2.34. The minimum atomic E-state index is 0.689. The molecule has 5 heteroatoms. The first-order valence-corrected chi connectivity index (χ1v) is 21.1. The highest BCUT2D eigenvalue weighted by molar-refractivity contribution is 7.99. The normalized spacial score (nSPS) is 11.0. The number of aromatic nitrogens is 4. The van der Waals surface area contributed by atoms with E-state index in [-0.39, 0.29) is 0 Å². The summed E-state index contributed by atoms with van der Waals surface area (Å²) in [4.78, 5) is 22.5. The van der Waals surface area contributed by atoms with Crippen LogP contribution in [0.15, 0.2) is 240 Å². The van der Waals surface area contributed by atoms with Crippen molar-refractivity contribution in [1.29, 1.82) is 0 Å². The Hall–Kier alpha value is -7.73. The lowest BCUT2D eigenvalue weighted by Gasteiger charge is -2.11. The molecule has 0 spiro atoms. The van der Waals surface area contributed by atoms with Gasteiger partial charge in [0, 0.05) is 43.2 Å². The van der Waals surface area contributed by atoms with E-state index in [1.807, 2.05) is 48.5 Å². The Morgan fingerprint density at radius 1 is 0.213 bits per heavy atom. The zero-order valence-electron chi connectivity index (χ0n) is 33.1. The molecule has 10 rings (SSSR count). The van der Waals surface area contributed by atoms with E-state index in [9.17, 15) is 0 Å². The summed E-state index contributed by atoms with van der Waals surface area (Å²) in [5.74, 6) is 1.38. The van der Waals surface area contributed by atoms with Gasteiger partial charge in [-0.2, -0.15) is 0 Å². The molecule has 0 radical (unpaired) electrons. The summed E-state index contributed by atoms with van der Waals surface area (Å²) >= 11 is 1.71. The zero-order valence-corrected chi connectivity index (χ0v) is 34.0. The monoisotopic (exact) mass is 798 g/mol. The van der Waals surface area contributed by atoms with Gasteiger partial charge in [-0.25, -0.2) is 19.9 Å². The van der Waals surface area contributed by atoms with Gasteiger partial charge in [0.25, 0.3) is 0 Å². The molecule has 61 heavy (non-hydrogen) atoms. The van der Waals surface area contributed by atoms with Crippen molar-refractivity contribution in [3.63, 3.8) is 0 Å². The van der Waals surface area contributed by atoms with Crippen molar-refractivity contribution >= 4 is 11.8 Å². The number of rotatable bonds is 10. The minimum Gasteiger partial charge on any atom is -0.228 e. The molecule has 8 aromatic carbocycles. The number of hydrogen-bond acceptors (Lipinski definition) is 5. The molecule has 0 aliphatic heterocycles. The molecule has 0 unspecified atom stereocenters. The number of benzene rings is 8. The first kappa shape index (κ1) is 37.5. The average molecular weight is 799 g/mol. The summed E-state index contributed by atoms with van der Waals surface area (Å²) < 4.78 is 0. The van der Waals surface area contributed by atoms with Gasteiger partial charge in [0.2, 0.25) is 0 Å². The van der Waals surface area contributed by atoms with Gasteiger partial charge in [-0.15, -0.1) is 0 Å². The number of hydrogen-bond donors (Lipinski definition) is 0. The molecule has 0 bridgehead atoms. The van der Waals surface area contributed by atoms with Crippen LogP contribution in [0.25, 0.3) is 90.1 Å². The topological polar surface area (TPSA) is 51.6 Å². The highest BCUT2D eigenvalue weighted by atomic mass is 32.2. The molecular weight excluding hydrogens is 761 g/mol. The fourth-order valence-electron chi connectivity index (χ4n) is 7.37. The minimum absolute atomic E-state index is 0.689. The van der Waals surface area contributed by atoms with E-state index >= 15 is 0 Å². The molecule has 0 aliphatic carbocycles. The Morgan fingerprint density at radius 2 is 0.443 bits per heavy atom. The van der Waals surface area contributed by atoms with Gasteiger partial charge in [0.1, 0.15) is 0 Å². The lowest BCUT2D eigenvalue weighted by Crippen LogP contribution is -1.96. The Labute approximate surface area is 360 Å². The fraction of sp³-hybridized carbons (Fsp3) is 0. The summed E-state index contributed by atoms with van der Waals surface area (Å²) in [6.07, 6.45) is 0. The van der Waals surface area contributed by atoms with E-state index in [2.05, 4.69) is 182 Å². The van der Waals surface area contributed by atoms with Crippen LogP contribution in [0.1, 0.15) is 0 Å². The molecule has 0 amide bonds. The standard InChI is InChI=1S/C56H38N4S/c1-5-13-39(14-6-1)41-21-25-45(26-22-41)53-37-51(43-17-9-3-10-18-43)57-55(59-53)47-29-33-49(34-30-47)61-50-35-31-48(32-36-50)56-58-52(44-19-11-4-12-20-44)38-54(60-56)46-27-23-42(24-28-46)40-15-7-2-8-16-40/h1-38H. The summed E-state index contributed by atoms with van der Waals surface area (Å²) in [6, 6.07) is 79.8. The van der Waals surface area contributed by atoms with Gasteiger partial charge in [0.05, 0.1) is 22.8 Å². The maximum Gasteiger partial charge on any atom is 0.160 e. The van der Waals surface area contributed by atoms with Gasteiger partial charge in [-0.05, 0) is 58.7 Å². The van der Waals surface area contributed by atoms with Crippen LogP contribution in [0.4, 0.5) is 0 Å². The van der Waals surface area contributed by atoms with E-state index in [4.69, 9.17) is 19.9 Å². The molecule has 2 heterocycles. The van der Waals surface area contributed by atoms with Crippen molar-refractivity contribution < 1.29 is 0 Å². The third kappa shape index (κ3) is 8.55. The Morgan fingerprint density at radius 3 is 0.754 bits per heavy atom. The number of nitrogens with zero attached hydrogens (tertiary/aromatic N) is 4. The molecule has 10 aromatic rings. The quantitative estimate of drug-likeness (QED) is 0.138. The molecule has 2 aromatic heterocycles. The van der Waals surface area contributed by atoms with Crippen LogP contribution in [-0.2, 0) is 0 Å². The second-order valence-corrected chi connectivity index (χ2v) is 15.8. The predicted molar refractivity (Wildman–Crippen MR) is 252 cm³/mol. The van der Waals surface area contributed by atoms with Crippen LogP contribution in [-0.4, -0.2) is 19.9 Å². The summed E-state index contributed by atoms with van der Waals surface area (Å²) in [5, 5.41) is 0. The van der Waals surface area contributed by atoms with E-state index < -0.39 is 0 Å². The second-order valence-electron chi connectivity index (χ2n) is 14.7. The maximum atomic E-state index is 5.09. The third-order valence-corrected chi connectivity index (χ3v) is 11.6. The predicted octanol–water partition coefficient (Wildman–Crippen LogP) is 14.8. The van der Waals surface area contributed by atoms with Crippen LogP contribution in [0, 0.1) is 0 Å². The van der Waals surface area contributed by atoms with E-state index in [0.717, 1.165) is 65.9 Å². The van der Waals surface area contributed by atoms with Crippen molar-refractivity contribution in [3.8, 4) is 90.1 Å². The Bertz CT molecular complexity index is 2820. The van der Waals surface area contributed by atoms with Crippen LogP contribution in [0.5, 0.6) is 0 Å². The van der Waals surface area contributed by atoms with Crippen LogP contribution in [0.3, 0.4) is 0 Å². The fourth-order valence-corrected chi connectivity index (χ4v) is 8.19. The molecule has 0 saturated heterocycles. The van der Waals surface area contributed by atoms with Gasteiger partial charge in [0.15, 0.2) is 11.6 Å². The summed E-state index contributed by atoms with van der Waals surface area (Å²) in [7, 11) is 0. The van der Waals surface area contributed by atoms with Crippen molar-refractivity contribution in [2.24, 2.45) is 0 Å². The average Bonchev–Trinajstić information content (AvgIpc) is 3.35. The van der Waals surface area contributed by atoms with Gasteiger partial charge < -0.3 is 0 Å². The van der Waals surface area contributed by atoms with Crippen molar-refractivity contribution in [3.05, 3.63) is 231 Å². The SMILES string of the molecule is c1ccc(-c2ccc(-c3cc(-c4ccccc4)nc(-c4ccc(Sc5ccc(-c6nc(-c7ccccc7)cc(-c7ccc(-c8ccccc8)cc7)n6)cc5)cc4)n3)cc2)cc1. The Kier molecular flexibility index (Phi) is 10.6. The summed E-state index contributed by atoms with van der Waals surface area (Å²) in [5.41, 5.74) is 14.4. The van der Waals surface area contributed by atoms with E-state index in [1.165, 1.54) is 22.3 Å². The second kappa shape index (κ2) is 17.2. The van der Waals surface area contributed by atoms with Crippen molar-refractivity contribution in [2.45, 2.75) is 9.79 Å².